The summed E-state index contributed by atoms with van der Waals surface area (Å²) in [6.45, 7) is 0.974. The third kappa shape index (κ3) is 2.59. The Hall–Kier alpha value is -1.35. The van der Waals surface area contributed by atoms with Crippen molar-refractivity contribution in [2.75, 3.05) is 19.7 Å². The first-order valence-corrected chi connectivity index (χ1v) is 8.41. The SMILES string of the molecule is O=S(=O)(c1cccs1)N1CCO[C@@H](c2cnccn2)C1. The Kier molecular flexibility index (Phi) is 3.79. The summed E-state index contributed by atoms with van der Waals surface area (Å²) >= 11 is 1.22. The molecule has 0 aromatic carbocycles. The van der Waals surface area contributed by atoms with Gasteiger partial charge in [-0.1, -0.05) is 6.07 Å². The summed E-state index contributed by atoms with van der Waals surface area (Å²) < 4.78 is 32.3. The molecule has 2 aromatic heterocycles. The maximum atomic E-state index is 12.5. The van der Waals surface area contributed by atoms with Gasteiger partial charge in [0, 0.05) is 25.5 Å². The van der Waals surface area contributed by atoms with Crippen molar-refractivity contribution < 1.29 is 13.2 Å². The van der Waals surface area contributed by atoms with Gasteiger partial charge < -0.3 is 4.74 Å². The van der Waals surface area contributed by atoms with Gasteiger partial charge >= 0.3 is 0 Å². The number of nitrogens with zero attached hydrogens (tertiary/aromatic N) is 3. The van der Waals surface area contributed by atoms with Gasteiger partial charge in [-0.05, 0) is 11.4 Å². The second-order valence-electron chi connectivity index (χ2n) is 4.28. The predicted molar refractivity (Wildman–Crippen MR) is 73.8 cm³/mol. The fourth-order valence-corrected chi connectivity index (χ4v) is 4.61. The van der Waals surface area contributed by atoms with E-state index in [9.17, 15) is 8.42 Å². The maximum Gasteiger partial charge on any atom is 0.252 e. The lowest BCUT2D eigenvalue weighted by molar-refractivity contribution is -0.00509. The first-order valence-electron chi connectivity index (χ1n) is 6.09. The standard InChI is InChI=1S/C12H13N3O3S2/c16-20(17,12-2-1-7-19-12)15-5-6-18-11(9-15)10-8-13-3-4-14-10/h1-4,7-8,11H,5-6,9H2/t11-/m1/s1. The van der Waals surface area contributed by atoms with Crippen LogP contribution in [-0.4, -0.2) is 42.4 Å². The first kappa shape index (κ1) is 13.6. The normalized spacial score (nSPS) is 20.9. The van der Waals surface area contributed by atoms with E-state index in [1.165, 1.54) is 15.6 Å². The Morgan fingerprint density at radius 3 is 3.00 bits per heavy atom. The van der Waals surface area contributed by atoms with Crippen LogP contribution in [0.3, 0.4) is 0 Å². The highest BCUT2D eigenvalue weighted by Crippen LogP contribution is 2.26. The molecule has 1 aliphatic heterocycles. The van der Waals surface area contributed by atoms with Crippen molar-refractivity contribution in [3.05, 3.63) is 41.8 Å². The number of sulfonamides is 1. The van der Waals surface area contributed by atoms with E-state index in [-0.39, 0.29) is 12.6 Å². The molecule has 20 heavy (non-hydrogen) atoms. The number of ether oxygens (including phenoxy) is 1. The van der Waals surface area contributed by atoms with Crippen molar-refractivity contribution >= 4 is 21.4 Å². The first-order chi connectivity index (χ1) is 9.68. The Balaban J connectivity index is 1.83. The molecule has 6 nitrogen and oxygen atoms in total. The van der Waals surface area contributed by atoms with E-state index in [1.54, 1.807) is 36.1 Å². The molecule has 0 unspecified atom stereocenters. The molecule has 1 aliphatic rings. The van der Waals surface area contributed by atoms with Crippen LogP contribution >= 0.6 is 11.3 Å². The van der Waals surface area contributed by atoms with Crippen LogP contribution in [0.4, 0.5) is 0 Å². The smallest absolute Gasteiger partial charge is 0.252 e. The minimum Gasteiger partial charge on any atom is -0.369 e. The Labute approximate surface area is 121 Å². The molecular formula is C12H13N3O3S2. The van der Waals surface area contributed by atoms with Gasteiger partial charge in [0.05, 0.1) is 18.5 Å². The van der Waals surface area contributed by atoms with Crippen molar-refractivity contribution in [2.45, 2.75) is 10.3 Å². The van der Waals surface area contributed by atoms with E-state index in [4.69, 9.17) is 4.74 Å². The van der Waals surface area contributed by atoms with Crippen molar-refractivity contribution in [1.29, 1.82) is 0 Å². The molecule has 0 amide bonds. The van der Waals surface area contributed by atoms with E-state index in [2.05, 4.69) is 9.97 Å². The van der Waals surface area contributed by atoms with Gasteiger partial charge in [0.25, 0.3) is 10.0 Å². The van der Waals surface area contributed by atoms with E-state index in [0.717, 1.165) is 0 Å². The highest BCUT2D eigenvalue weighted by atomic mass is 32.2. The van der Waals surface area contributed by atoms with Gasteiger partial charge in [0.2, 0.25) is 0 Å². The molecule has 3 heterocycles. The highest BCUT2D eigenvalue weighted by Gasteiger charge is 2.32. The van der Waals surface area contributed by atoms with Crippen LogP contribution < -0.4 is 0 Å². The number of hydrogen-bond donors (Lipinski definition) is 0. The highest BCUT2D eigenvalue weighted by molar-refractivity contribution is 7.91. The Morgan fingerprint density at radius 2 is 2.30 bits per heavy atom. The molecule has 0 bridgehead atoms. The second-order valence-corrected chi connectivity index (χ2v) is 7.40. The van der Waals surface area contributed by atoms with Crippen LogP contribution in [0.5, 0.6) is 0 Å². The topological polar surface area (TPSA) is 72.4 Å². The summed E-state index contributed by atoms with van der Waals surface area (Å²) in [6.07, 6.45) is 4.39. The zero-order valence-electron chi connectivity index (χ0n) is 10.5. The monoisotopic (exact) mass is 311 g/mol. The van der Waals surface area contributed by atoms with Gasteiger partial charge in [-0.15, -0.1) is 11.3 Å². The van der Waals surface area contributed by atoms with Crippen molar-refractivity contribution in [2.24, 2.45) is 0 Å². The van der Waals surface area contributed by atoms with Gasteiger partial charge in [0.1, 0.15) is 10.3 Å². The molecule has 106 valence electrons. The summed E-state index contributed by atoms with van der Waals surface area (Å²) in [5, 5.41) is 1.76. The largest absolute Gasteiger partial charge is 0.369 e. The number of hydrogen-bond acceptors (Lipinski definition) is 6. The maximum absolute atomic E-state index is 12.5. The summed E-state index contributed by atoms with van der Waals surface area (Å²) in [5.74, 6) is 0. The van der Waals surface area contributed by atoms with Crippen LogP contribution in [0.1, 0.15) is 11.8 Å². The van der Waals surface area contributed by atoms with Crippen molar-refractivity contribution in [1.82, 2.24) is 14.3 Å². The van der Waals surface area contributed by atoms with E-state index >= 15 is 0 Å². The van der Waals surface area contributed by atoms with Crippen LogP contribution in [0.15, 0.2) is 40.3 Å². The van der Waals surface area contributed by atoms with E-state index < -0.39 is 10.0 Å². The molecule has 1 fully saturated rings. The van der Waals surface area contributed by atoms with E-state index in [0.29, 0.717) is 23.1 Å². The third-order valence-electron chi connectivity index (χ3n) is 3.03. The molecule has 8 heteroatoms. The van der Waals surface area contributed by atoms with Crippen molar-refractivity contribution in [3.8, 4) is 0 Å². The molecule has 0 aliphatic carbocycles. The zero-order chi connectivity index (χ0) is 14.0. The van der Waals surface area contributed by atoms with Gasteiger partial charge in [-0.2, -0.15) is 4.31 Å². The number of aromatic nitrogens is 2. The molecule has 0 N–H and O–H groups in total. The Bertz CT molecular complexity index is 659. The minimum absolute atomic E-state index is 0.263. The molecule has 3 rings (SSSR count). The fourth-order valence-electron chi connectivity index (χ4n) is 2.04. The molecule has 2 aromatic rings. The van der Waals surface area contributed by atoms with Crippen molar-refractivity contribution in [3.63, 3.8) is 0 Å². The molecule has 1 atom stereocenters. The quantitative estimate of drug-likeness (QED) is 0.854. The zero-order valence-corrected chi connectivity index (χ0v) is 12.2. The molecule has 0 radical (unpaired) electrons. The van der Waals surface area contributed by atoms with Crippen LogP contribution in [0, 0.1) is 0 Å². The average Bonchev–Trinajstić information content (AvgIpc) is 3.03. The Morgan fingerprint density at radius 1 is 1.40 bits per heavy atom. The molecule has 0 spiro atoms. The van der Waals surface area contributed by atoms with Crippen LogP contribution in [-0.2, 0) is 14.8 Å². The number of morpholine rings is 1. The van der Waals surface area contributed by atoms with Gasteiger partial charge in [0.15, 0.2) is 0 Å². The average molecular weight is 311 g/mol. The lowest BCUT2D eigenvalue weighted by atomic mass is 10.2. The molecule has 1 saturated heterocycles. The van der Waals surface area contributed by atoms with Gasteiger partial charge in [-0.25, -0.2) is 8.42 Å². The lowest BCUT2D eigenvalue weighted by Gasteiger charge is -2.31. The number of thiophene rings is 1. The van der Waals surface area contributed by atoms with Crippen LogP contribution in [0.2, 0.25) is 0 Å². The molecule has 0 saturated carbocycles. The third-order valence-corrected chi connectivity index (χ3v) is 6.27. The summed E-state index contributed by atoms with van der Waals surface area (Å²) in [5.41, 5.74) is 0.651. The second kappa shape index (κ2) is 5.57. The lowest BCUT2D eigenvalue weighted by Crippen LogP contribution is -2.42. The summed E-state index contributed by atoms with van der Waals surface area (Å²) in [6, 6.07) is 3.35. The number of rotatable bonds is 3. The van der Waals surface area contributed by atoms with Crippen LogP contribution in [0.25, 0.3) is 0 Å². The summed E-state index contributed by atoms with van der Waals surface area (Å²) in [4.78, 5) is 8.16. The minimum atomic E-state index is -3.44. The van der Waals surface area contributed by atoms with Gasteiger partial charge in [-0.3, -0.25) is 9.97 Å². The molecular weight excluding hydrogens is 298 g/mol. The summed E-state index contributed by atoms with van der Waals surface area (Å²) in [7, 11) is -3.44. The fraction of sp³-hybridized carbons (Fsp3) is 0.333. The predicted octanol–water partition coefficient (Wildman–Crippen LogP) is 1.30. The van der Waals surface area contributed by atoms with E-state index in [1.807, 2.05) is 0 Å².